The first-order valence-corrected chi connectivity index (χ1v) is 7.40. The average molecular weight is 358 g/mol. The molecule has 2 aromatic rings. The summed E-state index contributed by atoms with van der Waals surface area (Å²) in [6.45, 7) is 1.48. The quantitative estimate of drug-likeness (QED) is 0.872. The van der Waals surface area contributed by atoms with Crippen molar-refractivity contribution >= 4 is 50.9 Å². The Balaban J connectivity index is 2.13. The van der Waals surface area contributed by atoms with Crippen LogP contribution in [0.1, 0.15) is 6.92 Å². The molecule has 0 spiro atoms. The largest absolute Gasteiger partial charge is 0.326 e. The van der Waals surface area contributed by atoms with Gasteiger partial charge in [-0.3, -0.25) is 4.79 Å². The van der Waals surface area contributed by atoms with Crippen molar-refractivity contribution in [1.82, 2.24) is 4.98 Å². The Morgan fingerprint density at radius 1 is 1.37 bits per heavy atom. The zero-order valence-corrected chi connectivity index (χ0v) is 13.1. The summed E-state index contributed by atoms with van der Waals surface area (Å²) < 4.78 is 0.857. The van der Waals surface area contributed by atoms with E-state index in [9.17, 15) is 4.79 Å². The molecular weight excluding hydrogens is 348 g/mol. The van der Waals surface area contributed by atoms with E-state index in [1.807, 2.05) is 30.3 Å². The Bertz CT molecular complexity index is 604. The summed E-state index contributed by atoms with van der Waals surface area (Å²) in [5, 5.41) is 4.16. The molecule has 0 saturated carbocycles. The maximum absolute atomic E-state index is 10.9. The number of halogens is 2. The second-order valence-electron chi connectivity index (χ2n) is 3.75. The predicted octanol–water partition coefficient (Wildman–Crippen LogP) is 4.61. The molecule has 1 N–H and O–H groups in total. The summed E-state index contributed by atoms with van der Waals surface area (Å²) >= 11 is 10.8. The van der Waals surface area contributed by atoms with E-state index in [2.05, 4.69) is 26.2 Å². The lowest BCUT2D eigenvalue weighted by Crippen LogP contribution is -2.05. The lowest BCUT2D eigenvalue weighted by molar-refractivity contribution is -0.114. The lowest BCUT2D eigenvalue weighted by atomic mass is 10.3. The maximum Gasteiger partial charge on any atom is 0.221 e. The third-order valence-corrected chi connectivity index (χ3v) is 4.26. The van der Waals surface area contributed by atoms with E-state index in [1.54, 1.807) is 6.20 Å². The molecule has 2 rings (SSSR count). The lowest BCUT2D eigenvalue weighted by Gasteiger charge is -2.05. The highest BCUT2D eigenvalue weighted by atomic mass is 79.9. The van der Waals surface area contributed by atoms with Crippen LogP contribution < -0.4 is 5.32 Å². The summed E-state index contributed by atoms with van der Waals surface area (Å²) in [6.07, 6.45) is 1.61. The van der Waals surface area contributed by atoms with Crippen LogP contribution in [0.3, 0.4) is 0 Å². The fourth-order valence-electron chi connectivity index (χ4n) is 1.40. The molecule has 0 aliphatic carbocycles. The molecule has 98 valence electrons. The highest BCUT2D eigenvalue weighted by Gasteiger charge is 2.05. The van der Waals surface area contributed by atoms with Gasteiger partial charge in [-0.1, -0.05) is 23.4 Å². The molecule has 0 fully saturated rings. The van der Waals surface area contributed by atoms with E-state index in [1.165, 1.54) is 18.7 Å². The first kappa shape index (κ1) is 14.4. The molecule has 6 heteroatoms. The Morgan fingerprint density at radius 3 is 2.63 bits per heavy atom. The van der Waals surface area contributed by atoms with Crippen LogP contribution in [0.25, 0.3) is 0 Å². The molecule has 0 aliphatic heterocycles. The zero-order chi connectivity index (χ0) is 13.8. The van der Waals surface area contributed by atoms with Gasteiger partial charge in [0.15, 0.2) is 0 Å². The average Bonchev–Trinajstić information content (AvgIpc) is 2.34. The fourth-order valence-corrected chi connectivity index (χ4v) is 3.04. The molecular formula is C13H10BrClN2OS. The van der Waals surface area contributed by atoms with Crippen LogP contribution in [-0.4, -0.2) is 10.9 Å². The summed E-state index contributed by atoms with van der Waals surface area (Å²) in [5.41, 5.74) is 0.778. The van der Waals surface area contributed by atoms with Gasteiger partial charge in [0.25, 0.3) is 0 Å². The summed E-state index contributed by atoms with van der Waals surface area (Å²) in [4.78, 5) is 16.2. The van der Waals surface area contributed by atoms with Crippen molar-refractivity contribution in [2.75, 3.05) is 5.32 Å². The predicted molar refractivity (Wildman–Crippen MR) is 81.8 cm³/mol. The van der Waals surface area contributed by atoms with Crippen LogP contribution in [0, 0.1) is 0 Å². The summed E-state index contributed by atoms with van der Waals surface area (Å²) in [6, 6.07) is 9.38. The Morgan fingerprint density at radius 2 is 2.05 bits per heavy atom. The SMILES string of the molecule is CC(=O)Nc1ccc(Sc2ncc(Cl)cc2Br)cc1. The number of pyridine rings is 1. The van der Waals surface area contributed by atoms with Gasteiger partial charge >= 0.3 is 0 Å². The number of hydrogen-bond acceptors (Lipinski definition) is 3. The van der Waals surface area contributed by atoms with Crippen molar-refractivity contribution in [2.45, 2.75) is 16.8 Å². The van der Waals surface area contributed by atoms with E-state index in [4.69, 9.17) is 11.6 Å². The van der Waals surface area contributed by atoms with Crippen molar-refractivity contribution < 1.29 is 4.79 Å². The van der Waals surface area contributed by atoms with Gasteiger partial charge < -0.3 is 5.32 Å². The van der Waals surface area contributed by atoms with Gasteiger partial charge in [0.2, 0.25) is 5.91 Å². The number of nitrogens with zero attached hydrogens (tertiary/aromatic N) is 1. The summed E-state index contributed by atoms with van der Waals surface area (Å²) in [5.74, 6) is -0.0810. The smallest absolute Gasteiger partial charge is 0.221 e. The number of aromatic nitrogens is 1. The van der Waals surface area contributed by atoms with Gasteiger partial charge in [-0.25, -0.2) is 4.98 Å². The van der Waals surface area contributed by atoms with Crippen molar-refractivity contribution in [3.05, 3.63) is 46.0 Å². The Labute approximate surface area is 128 Å². The fraction of sp³-hybridized carbons (Fsp3) is 0.0769. The van der Waals surface area contributed by atoms with Crippen molar-refractivity contribution in [1.29, 1.82) is 0 Å². The number of anilines is 1. The van der Waals surface area contributed by atoms with E-state index < -0.39 is 0 Å². The molecule has 0 aliphatic rings. The van der Waals surface area contributed by atoms with Crippen LogP contribution in [0.4, 0.5) is 5.69 Å². The maximum atomic E-state index is 10.9. The number of hydrogen-bond donors (Lipinski definition) is 1. The zero-order valence-electron chi connectivity index (χ0n) is 9.98. The summed E-state index contributed by atoms with van der Waals surface area (Å²) in [7, 11) is 0. The first-order chi connectivity index (χ1) is 9.04. The molecule has 3 nitrogen and oxygen atoms in total. The molecule has 0 unspecified atom stereocenters. The van der Waals surface area contributed by atoms with E-state index in [0.717, 1.165) is 20.1 Å². The van der Waals surface area contributed by atoms with Crippen LogP contribution in [0.15, 0.2) is 50.9 Å². The van der Waals surface area contributed by atoms with Crippen LogP contribution in [-0.2, 0) is 4.79 Å². The van der Waals surface area contributed by atoms with Gasteiger partial charge in [-0.2, -0.15) is 0 Å². The van der Waals surface area contributed by atoms with Crippen LogP contribution in [0.5, 0.6) is 0 Å². The number of nitrogens with one attached hydrogen (secondary N) is 1. The van der Waals surface area contributed by atoms with Gasteiger partial charge in [-0.05, 0) is 46.3 Å². The van der Waals surface area contributed by atoms with Crippen LogP contribution in [0.2, 0.25) is 5.02 Å². The molecule has 0 bridgehead atoms. The van der Waals surface area contributed by atoms with Crippen molar-refractivity contribution in [2.24, 2.45) is 0 Å². The normalized spacial score (nSPS) is 10.3. The first-order valence-electron chi connectivity index (χ1n) is 5.41. The highest BCUT2D eigenvalue weighted by molar-refractivity contribution is 9.10. The number of rotatable bonds is 3. The van der Waals surface area contributed by atoms with E-state index in [-0.39, 0.29) is 5.91 Å². The Hall–Kier alpha value is -1.04. The molecule has 1 amide bonds. The minimum absolute atomic E-state index is 0.0810. The minimum Gasteiger partial charge on any atom is -0.326 e. The molecule has 0 atom stereocenters. The second-order valence-corrected chi connectivity index (χ2v) is 6.10. The molecule has 0 saturated heterocycles. The van der Waals surface area contributed by atoms with E-state index in [0.29, 0.717) is 5.02 Å². The minimum atomic E-state index is -0.0810. The standard InChI is InChI=1S/C13H10BrClN2OS/c1-8(18)17-10-2-4-11(5-3-10)19-13-12(14)6-9(15)7-16-13/h2-7H,1H3,(H,17,18). The third kappa shape index (κ3) is 4.23. The number of carbonyl (C=O) groups is 1. The van der Waals surface area contributed by atoms with E-state index >= 15 is 0 Å². The number of carbonyl (C=O) groups excluding carboxylic acids is 1. The molecule has 1 heterocycles. The van der Waals surface area contributed by atoms with Gasteiger partial charge in [-0.15, -0.1) is 0 Å². The number of benzene rings is 1. The molecule has 0 radical (unpaired) electrons. The third-order valence-electron chi connectivity index (χ3n) is 2.16. The van der Waals surface area contributed by atoms with Gasteiger partial charge in [0, 0.05) is 23.7 Å². The molecule has 19 heavy (non-hydrogen) atoms. The van der Waals surface area contributed by atoms with Gasteiger partial charge in [0.05, 0.1) is 9.50 Å². The second kappa shape index (κ2) is 6.41. The van der Waals surface area contributed by atoms with Crippen LogP contribution >= 0.6 is 39.3 Å². The number of amides is 1. The molecule has 1 aromatic heterocycles. The Kier molecular flexibility index (Phi) is 4.85. The molecule has 1 aromatic carbocycles. The van der Waals surface area contributed by atoms with Crippen molar-refractivity contribution in [3.63, 3.8) is 0 Å². The van der Waals surface area contributed by atoms with Gasteiger partial charge in [0.1, 0.15) is 5.03 Å². The monoisotopic (exact) mass is 356 g/mol. The highest BCUT2D eigenvalue weighted by Crippen LogP contribution is 2.33. The topological polar surface area (TPSA) is 42.0 Å². The van der Waals surface area contributed by atoms with Crippen molar-refractivity contribution in [3.8, 4) is 0 Å².